The van der Waals surface area contributed by atoms with Crippen molar-refractivity contribution in [2.75, 3.05) is 33.8 Å². The molecule has 1 aliphatic rings. The highest BCUT2D eigenvalue weighted by Gasteiger charge is 2.28. The summed E-state index contributed by atoms with van der Waals surface area (Å²) in [5, 5.41) is 5.94. The number of carbonyl (C=O) groups excluding carboxylic acids is 2. The Labute approximate surface area is 154 Å². The van der Waals surface area contributed by atoms with E-state index in [-0.39, 0.29) is 17.8 Å². The second-order valence-electron chi connectivity index (χ2n) is 6.21. The Hall–Kier alpha value is -2.57. The van der Waals surface area contributed by atoms with Crippen molar-refractivity contribution in [3.8, 4) is 0 Å². The van der Waals surface area contributed by atoms with Crippen LogP contribution >= 0.6 is 0 Å². The summed E-state index contributed by atoms with van der Waals surface area (Å²) in [6, 6.07) is 7.44. The number of rotatable bonds is 5. The summed E-state index contributed by atoms with van der Waals surface area (Å²) in [5.41, 5.74) is 1.69. The van der Waals surface area contributed by atoms with Crippen LogP contribution in [0, 0.1) is 5.92 Å². The van der Waals surface area contributed by atoms with Crippen LogP contribution in [0.25, 0.3) is 0 Å². The lowest BCUT2D eigenvalue weighted by atomic mass is 9.98. The summed E-state index contributed by atoms with van der Waals surface area (Å²) in [5.74, 6) is 0.444. The van der Waals surface area contributed by atoms with Gasteiger partial charge in [0, 0.05) is 39.3 Å². The third-order valence-electron chi connectivity index (χ3n) is 4.45. The molecule has 1 aliphatic heterocycles. The standard InChI is InChI=1S/C19H28N4O3/c1-4-26-18(25)16-6-5-11-23(13-16)19(21-3)22-12-14-7-9-15(10-8-14)17(24)20-2/h7-10,16H,4-6,11-13H2,1-3H3,(H,20,24)(H,21,22). The van der Waals surface area contributed by atoms with Gasteiger partial charge < -0.3 is 20.3 Å². The summed E-state index contributed by atoms with van der Waals surface area (Å²) >= 11 is 0. The third-order valence-corrected chi connectivity index (χ3v) is 4.45. The number of hydrogen-bond donors (Lipinski definition) is 2. The zero-order valence-corrected chi connectivity index (χ0v) is 15.7. The minimum absolute atomic E-state index is 0.0985. The number of hydrogen-bond acceptors (Lipinski definition) is 4. The Morgan fingerprint density at radius 3 is 2.65 bits per heavy atom. The molecule has 7 heteroatoms. The van der Waals surface area contributed by atoms with E-state index in [1.54, 1.807) is 26.2 Å². The number of esters is 1. The second kappa shape index (κ2) is 9.79. The maximum absolute atomic E-state index is 12.0. The lowest BCUT2D eigenvalue weighted by Crippen LogP contribution is -2.48. The van der Waals surface area contributed by atoms with Gasteiger partial charge in [0.1, 0.15) is 0 Å². The van der Waals surface area contributed by atoms with Crippen LogP contribution in [-0.2, 0) is 16.1 Å². The molecule has 142 valence electrons. The molecule has 0 radical (unpaired) electrons. The first-order valence-electron chi connectivity index (χ1n) is 9.02. The first kappa shape index (κ1) is 19.8. The van der Waals surface area contributed by atoms with Crippen molar-refractivity contribution in [2.45, 2.75) is 26.3 Å². The number of benzene rings is 1. The molecule has 0 aromatic heterocycles. The average Bonchev–Trinajstić information content (AvgIpc) is 2.68. The molecular formula is C19H28N4O3. The number of piperidine rings is 1. The fourth-order valence-corrected chi connectivity index (χ4v) is 3.05. The molecule has 1 aromatic rings. The van der Waals surface area contributed by atoms with E-state index in [0.717, 1.165) is 30.9 Å². The molecule has 7 nitrogen and oxygen atoms in total. The van der Waals surface area contributed by atoms with Gasteiger partial charge in [-0.1, -0.05) is 12.1 Å². The van der Waals surface area contributed by atoms with Gasteiger partial charge in [-0.3, -0.25) is 14.6 Å². The number of ether oxygens (including phenoxy) is 1. The molecule has 1 saturated heterocycles. The maximum atomic E-state index is 12.0. The second-order valence-corrected chi connectivity index (χ2v) is 6.21. The van der Waals surface area contributed by atoms with Crippen LogP contribution in [-0.4, -0.2) is 56.5 Å². The van der Waals surface area contributed by atoms with Crippen LogP contribution in [0.2, 0.25) is 0 Å². The molecule has 2 N–H and O–H groups in total. The fraction of sp³-hybridized carbons (Fsp3) is 0.526. The van der Waals surface area contributed by atoms with E-state index in [0.29, 0.717) is 25.3 Å². The van der Waals surface area contributed by atoms with Crippen LogP contribution in [0.5, 0.6) is 0 Å². The summed E-state index contributed by atoms with van der Waals surface area (Å²) < 4.78 is 5.15. The minimum atomic E-state index is -0.127. The summed E-state index contributed by atoms with van der Waals surface area (Å²) in [7, 11) is 3.36. The summed E-state index contributed by atoms with van der Waals surface area (Å²) in [6.45, 7) is 4.32. The molecule has 1 aromatic carbocycles. The summed E-state index contributed by atoms with van der Waals surface area (Å²) in [4.78, 5) is 30.0. The van der Waals surface area contributed by atoms with Crippen LogP contribution in [0.1, 0.15) is 35.7 Å². The first-order chi connectivity index (χ1) is 12.6. The van der Waals surface area contributed by atoms with Gasteiger partial charge >= 0.3 is 5.97 Å². The molecule has 0 bridgehead atoms. The molecule has 2 rings (SSSR count). The van der Waals surface area contributed by atoms with Crippen LogP contribution in [0.3, 0.4) is 0 Å². The predicted molar refractivity (Wildman–Crippen MR) is 101 cm³/mol. The van der Waals surface area contributed by atoms with Crippen molar-refractivity contribution in [2.24, 2.45) is 10.9 Å². The number of likely N-dealkylation sites (tertiary alicyclic amines) is 1. The Bertz CT molecular complexity index is 643. The molecule has 26 heavy (non-hydrogen) atoms. The number of aliphatic imine (C=N–C) groups is 1. The smallest absolute Gasteiger partial charge is 0.310 e. The van der Waals surface area contributed by atoms with Gasteiger partial charge in [-0.15, -0.1) is 0 Å². The van der Waals surface area contributed by atoms with E-state index in [1.807, 2.05) is 19.1 Å². The van der Waals surface area contributed by atoms with Gasteiger partial charge in [-0.25, -0.2) is 0 Å². The molecule has 1 heterocycles. The Kier molecular flexibility index (Phi) is 7.44. The summed E-state index contributed by atoms with van der Waals surface area (Å²) in [6.07, 6.45) is 1.79. The van der Waals surface area contributed by atoms with Crippen molar-refractivity contribution in [1.29, 1.82) is 0 Å². The number of amides is 1. The molecule has 1 unspecified atom stereocenters. The zero-order valence-electron chi connectivity index (χ0n) is 15.7. The quantitative estimate of drug-likeness (QED) is 0.471. The van der Waals surface area contributed by atoms with Gasteiger partial charge in [0.05, 0.1) is 12.5 Å². The lowest BCUT2D eigenvalue weighted by molar-refractivity contribution is -0.149. The Morgan fingerprint density at radius 2 is 2.04 bits per heavy atom. The first-order valence-corrected chi connectivity index (χ1v) is 9.02. The third kappa shape index (κ3) is 5.21. The molecule has 1 amide bonds. The molecule has 0 saturated carbocycles. The van der Waals surface area contributed by atoms with Gasteiger partial charge in [0.15, 0.2) is 5.96 Å². The molecule has 0 aliphatic carbocycles. The van der Waals surface area contributed by atoms with Crippen LogP contribution in [0.4, 0.5) is 0 Å². The highest BCUT2D eigenvalue weighted by molar-refractivity contribution is 5.93. The lowest BCUT2D eigenvalue weighted by Gasteiger charge is -2.34. The van der Waals surface area contributed by atoms with E-state index in [2.05, 4.69) is 20.5 Å². The van der Waals surface area contributed by atoms with Gasteiger partial charge in [0.25, 0.3) is 5.91 Å². The van der Waals surface area contributed by atoms with E-state index >= 15 is 0 Å². The number of nitrogens with zero attached hydrogens (tertiary/aromatic N) is 2. The average molecular weight is 360 g/mol. The normalized spacial score (nSPS) is 17.6. The predicted octanol–water partition coefficient (Wildman–Crippen LogP) is 1.40. The van der Waals surface area contributed by atoms with Gasteiger partial charge in [0.2, 0.25) is 0 Å². The minimum Gasteiger partial charge on any atom is -0.466 e. The zero-order chi connectivity index (χ0) is 18.9. The van der Waals surface area contributed by atoms with Gasteiger partial charge in [-0.2, -0.15) is 0 Å². The van der Waals surface area contributed by atoms with Crippen molar-refractivity contribution in [3.05, 3.63) is 35.4 Å². The fourth-order valence-electron chi connectivity index (χ4n) is 3.05. The topological polar surface area (TPSA) is 83.0 Å². The van der Waals surface area contributed by atoms with E-state index in [1.165, 1.54) is 0 Å². The highest BCUT2D eigenvalue weighted by Crippen LogP contribution is 2.18. The highest BCUT2D eigenvalue weighted by atomic mass is 16.5. The van der Waals surface area contributed by atoms with E-state index in [9.17, 15) is 9.59 Å². The van der Waals surface area contributed by atoms with Crippen molar-refractivity contribution in [1.82, 2.24) is 15.5 Å². The van der Waals surface area contributed by atoms with E-state index < -0.39 is 0 Å². The largest absolute Gasteiger partial charge is 0.466 e. The molecule has 1 fully saturated rings. The SMILES string of the molecule is CCOC(=O)C1CCCN(C(=NC)NCc2ccc(C(=O)NC)cc2)C1. The van der Waals surface area contributed by atoms with Crippen molar-refractivity contribution >= 4 is 17.8 Å². The molecule has 1 atom stereocenters. The monoisotopic (exact) mass is 360 g/mol. The van der Waals surface area contributed by atoms with E-state index in [4.69, 9.17) is 4.74 Å². The van der Waals surface area contributed by atoms with Crippen LogP contribution < -0.4 is 10.6 Å². The number of guanidine groups is 1. The molecular weight excluding hydrogens is 332 g/mol. The van der Waals surface area contributed by atoms with Gasteiger partial charge in [-0.05, 0) is 37.5 Å². The van der Waals surface area contributed by atoms with Crippen LogP contribution in [0.15, 0.2) is 29.3 Å². The molecule has 0 spiro atoms. The van der Waals surface area contributed by atoms with Crippen molar-refractivity contribution in [3.63, 3.8) is 0 Å². The Balaban J connectivity index is 1.92. The Morgan fingerprint density at radius 1 is 1.31 bits per heavy atom. The van der Waals surface area contributed by atoms with Crippen molar-refractivity contribution < 1.29 is 14.3 Å². The number of carbonyl (C=O) groups is 2. The number of nitrogens with one attached hydrogen (secondary N) is 2. The maximum Gasteiger partial charge on any atom is 0.310 e.